The van der Waals surface area contributed by atoms with Gasteiger partial charge in [0.1, 0.15) is 6.04 Å². The fourth-order valence-corrected chi connectivity index (χ4v) is 3.36. The molecule has 1 atom stereocenters. The highest BCUT2D eigenvalue weighted by atomic mass is 35.5. The van der Waals surface area contributed by atoms with Gasteiger partial charge in [0, 0.05) is 36.5 Å². The Bertz CT molecular complexity index is 754. The van der Waals surface area contributed by atoms with E-state index in [1.54, 1.807) is 36.7 Å². The van der Waals surface area contributed by atoms with Gasteiger partial charge in [0.15, 0.2) is 0 Å². The molecular weight excluding hydrogens is 411 g/mol. The van der Waals surface area contributed by atoms with E-state index in [4.69, 9.17) is 5.73 Å². The summed E-state index contributed by atoms with van der Waals surface area (Å²) in [6, 6.07) is 12.3. The Morgan fingerprint density at radius 3 is 2.34 bits per heavy atom. The Labute approximate surface area is 183 Å². The number of hydrogen-bond acceptors (Lipinski definition) is 4. The minimum atomic E-state index is -0.655. The summed E-state index contributed by atoms with van der Waals surface area (Å²) in [7, 11) is 0. The first kappa shape index (κ1) is 24.9. The van der Waals surface area contributed by atoms with Crippen LogP contribution in [0.2, 0.25) is 0 Å². The number of carbonyl (C=O) groups excluding carboxylic acids is 2. The van der Waals surface area contributed by atoms with Crippen LogP contribution < -0.4 is 16.4 Å². The first-order valence-corrected chi connectivity index (χ1v) is 9.42. The van der Waals surface area contributed by atoms with Crippen molar-refractivity contribution in [3.8, 4) is 0 Å². The number of amides is 2. The number of rotatable bonds is 6. The smallest absolute Gasteiger partial charge is 0.251 e. The molecule has 6 nitrogen and oxygen atoms in total. The maximum absolute atomic E-state index is 12.9. The highest BCUT2D eigenvalue weighted by Gasteiger charge is 2.26. The first-order valence-electron chi connectivity index (χ1n) is 9.42. The van der Waals surface area contributed by atoms with Crippen molar-refractivity contribution in [1.82, 2.24) is 15.6 Å². The third-order valence-corrected chi connectivity index (χ3v) is 4.94. The predicted octanol–water partition coefficient (Wildman–Crippen LogP) is 2.65. The molecule has 1 aliphatic rings. The van der Waals surface area contributed by atoms with Gasteiger partial charge in [0.2, 0.25) is 5.91 Å². The van der Waals surface area contributed by atoms with Gasteiger partial charge >= 0.3 is 0 Å². The maximum Gasteiger partial charge on any atom is 0.251 e. The van der Waals surface area contributed by atoms with Gasteiger partial charge in [0.25, 0.3) is 5.91 Å². The van der Waals surface area contributed by atoms with Crippen LogP contribution in [0.15, 0.2) is 54.9 Å². The van der Waals surface area contributed by atoms with Crippen LogP contribution in [0, 0.1) is 0 Å². The molecule has 0 bridgehead atoms. The molecule has 1 unspecified atom stereocenters. The Morgan fingerprint density at radius 1 is 1.03 bits per heavy atom. The number of aromatic nitrogens is 1. The molecule has 4 N–H and O–H groups in total. The third kappa shape index (κ3) is 7.65. The van der Waals surface area contributed by atoms with Gasteiger partial charge in [0.05, 0.1) is 0 Å². The van der Waals surface area contributed by atoms with Crippen molar-refractivity contribution < 1.29 is 9.59 Å². The molecule has 3 rings (SSSR count). The molecule has 2 aromatic rings. The van der Waals surface area contributed by atoms with Crippen LogP contribution in [-0.2, 0) is 11.2 Å². The van der Waals surface area contributed by atoms with Crippen LogP contribution in [0.5, 0.6) is 0 Å². The van der Waals surface area contributed by atoms with E-state index in [1.807, 2.05) is 18.2 Å². The predicted molar refractivity (Wildman–Crippen MR) is 119 cm³/mol. The van der Waals surface area contributed by atoms with Crippen LogP contribution in [0.1, 0.15) is 41.6 Å². The molecule has 0 saturated heterocycles. The molecule has 1 fully saturated rings. The first-order chi connectivity index (χ1) is 13.1. The fourth-order valence-electron chi connectivity index (χ4n) is 3.36. The van der Waals surface area contributed by atoms with Crippen LogP contribution in [-0.4, -0.2) is 34.9 Å². The summed E-state index contributed by atoms with van der Waals surface area (Å²) in [4.78, 5) is 29.5. The summed E-state index contributed by atoms with van der Waals surface area (Å²) < 4.78 is 0. The fraction of sp³-hybridized carbons (Fsp3) is 0.381. The van der Waals surface area contributed by atoms with E-state index >= 15 is 0 Å². The topological polar surface area (TPSA) is 97.1 Å². The highest BCUT2D eigenvalue weighted by Crippen LogP contribution is 2.17. The van der Waals surface area contributed by atoms with Gasteiger partial charge in [-0.15, -0.1) is 24.8 Å². The van der Waals surface area contributed by atoms with Crippen molar-refractivity contribution in [1.29, 1.82) is 0 Å². The van der Waals surface area contributed by atoms with Gasteiger partial charge in [-0.05, 0) is 49.4 Å². The maximum atomic E-state index is 12.9. The molecule has 0 aliphatic heterocycles. The highest BCUT2D eigenvalue weighted by molar-refractivity contribution is 5.97. The van der Waals surface area contributed by atoms with Crippen LogP contribution in [0.25, 0.3) is 0 Å². The Balaban J connectivity index is 0.00000210. The van der Waals surface area contributed by atoms with E-state index in [2.05, 4.69) is 15.6 Å². The van der Waals surface area contributed by atoms with E-state index in [0.717, 1.165) is 31.2 Å². The normalized spacial score (nSPS) is 19.1. The van der Waals surface area contributed by atoms with E-state index in [9.17, 15) is 9.59 Å². The summed E-state index contributed by atoms with van der Waals surface area (Å²) in [6.07, 6.45) is 7.37. The summed E-state index contributed by atoms with van der Waals surface area (Å²) in [6.45, 7) is 0. The Morgan fingerprint density at radius 2 is 1.72 bits per heavy atom. The van der Waals surface area contributed by atoms with Crippen molar-refractivity contribution in [3.05, 3.63) is 66.0 Å². The molecule has 1 aromatic carbocycles. The van der Waals surface area contributed by atoms with E-state index < -0.39 is 6.04 Å². The zero-order chi connectivity index (χ0) is 19.1. The molecule has 1 heterocycles. The number of hydrogen-bond donors (Lipinski definition) is 3. The van der Waals surface area contributed by atoms with Gasteiger partial charge in [-0.2, -0.15) is 0 Å². The molecule has 1 saturated carbocycles. The second-order valence-electron chi connectivity index (χ2n) is 7.08. The molecular formula is C21H28Cl2N4O2. The number of halogens is 2. The molecule has 0 spiro atoms. The number of nitrogens with two attached hydrogens (primary N) is 1. The minimum absolute atomic E-state index is 0. The summed E-state index contributed by atoms with van der Waals surface area (Å²) in [5.41, 5.74) is 7.38. The molecule has 1 aliphatic carbocycles. The van der Waals surface area contributed by atoms with Crippen molar-refractivity contribution in [2.75, 3.05) is 0 Å². The van der Waals surface area contributed by atoms with Crippen molar-refractivity contribution in [2.45, 2.75) is 50.2 Å². The lowest BCUT2D eigenvalue weighted by Crippen LogP contribution is -2.51. The molecule has 0 radical (unpaired) electrons. The summed E-state index contributed by atoms with van der Waals surface area (Å²) in [5.74, 6) is -0.422. The second kappa shape index (κ2) is 12.4. The third-order valence-electron chi connectivity index (χ3n) is 4.94. The van der Waals surface area contributed by atoms with E-state index in [-0.39, 0.29) is 48.7 Å². The average molecular weight is 439 g/mol. The van der Waals surface area contributed by atoms with Crippen molar-refractivity contribution >= 4 is 36.6 Å². The number of benzene rings is 1. The molecule has 2 amide bonds. The summed E-state index contributed by atoms with van der Waals surface area (Å²) >= 11 is 0. The van der Waals surface area contributed by atoms with Gasteiger partial charge in [-0.1, -0.05) is 24.3 Å². The van der Waals surface area contributed by atoms with E-state index in [0.29, 0.717) is 12.0 Å². The zero-order valence-corrected chi connectivity index (χ0v) is 17.8. The lowest BCUT2D eigenvalue weighted by Gasteiger charge is -2.28. The minimum Gasteiger partial charge on any atom is -0.352 e. The van der Waals surface area contributed by atoms with Crippen LogP contribution in [0.4, 0.5) is 0 Å². The van der Waals surface area contributed by atoms with Crippen LogP contribution >= 0.6 is 24.8 Å². The number of carbonyl (C=O) groups is 2. The molecule has 29 heavy (non-hydrogen) atoms. The monoisotopic (exact) mass is 438 g/mol. The molecule has 158 valence electrons. The molecule has 1 aromatic heterocycles. The lowest BCUT2D eigenvalue weighted by molar-refractivity contribution is -0.123. The van der Waals surface area contributed by atoms with Gasteiger partial charge in [-0.3, -0.25) is 14.6 Å². The zero-order valence-electron chi connectivity index (χ0n) is 16.1. The second-order valence-corrected chi connectivity index (χ2v) is 7.08. The summed E-state index contributed by atoms with van der Waals surface area (Å²) in [5, 5.41) is 5.96. The van der Waals surface area contributed by atoms with Crippen LogP contribution in [0.3, 0.4) is 0 Å². The Hall–Kier alpha value is -2.15. The average Bonchev–Trinajstić information content (AvgIpc) is 2.70. The largest absolute Gasteiger partial charge is 0.352 e. The van der Waals surface area contributed by atoms with Crippen molar-refractivity contribution in [2.24, 2.45) is 5.73 Å². The Kier molecular flexibility index (Phi) is 10.7. The standard InChI is InChI=1S/C21H26N4O2.2ClH/c22-17-8-10-18(11-9-17)24-21(27)19(13-15-5-4-12-23-14-15)25-20(26)16-6-2-1-3-7-16;;/h1-7,12,14,17-19H,8-11,13,22H2,(H,24,27)(H,25,26);2*1H. The van der Waals surface area contributed by atoms with Gasteiger partial charge in [-0.25, -0.2) is 0 Å². The SMILES string of the molecule is Cl.Cl.NC1CCC(NC(=O)C(Cc2cccnc2)NC(=O)c2ccccc2)CC1. The number of pyridine rings is 1. The number of nitrogens with zero attached hydrogens (tertiary/aromatic N) is 1. The quantitative estimate of drug-likeness (QED) is 0.645. The lowest BCUT2D eigenvalue weighted by atomic mass is 9.91. The van der Waals surface area contributed by atoms with Gasteiger partial charge < -0.3 is 16.4 Å². The number of nitrogens with one attached hydrogen (secondary N) is 2. The molecule has 8 heteroatoms. The van der Waals surface area contributed by atoms with E-state index in [1.165, 1.54) is 0 Å². The van der Waals surface area contributed by atoms with Crippen molar-refractivity contribution in [3.63, 3.8) is 0 Å².